The van der Waals surface area contributed by atoms with Crippen molar-refractivity contribution >= 4 is 0 Å². The highest BCUT2D eigenvalue weighted by Gasteiger charge is 2.16. The highest BCUT2D eigenvalue weighted by atomic mass is 15.3. The second kappa shape index (κ2) is 7.31. The van der Waals surface area contributed by atoms with Crippen molar-refractivity contribution < 1.29 is 0 Å². The molecular weight excluding hydrogens is 212 g/mol. The third-order valence-electron chi connectivity index (χ3n) is 4.00. The third-order valence-corrected chi connectivity index (χ3v) is 4.00. The van der Waals surface area contributed by atoms with Crippen LogP contribution in [-0.2, 0) is 0 Å². The fraction of sp³-hybridized carbons (Fsp3) is 1.00. The minimum atomic E-state index is 0.921. The highest BCUT2D eigenvalue weighted by molar-refractivity contribution is 4.72. The summed E-state index contributed by atoms with van der Waals surface area (Å²) in [6.45, 7) is 9.54. The van der Waals surface area contributed by atoms with Crippen molar-refractivity contribution in [1.29, 1.82) is 0 Å². The summed E-state index contributed by atoms with van der Waals surface area (Å²) in [5.74, 6) is 0.921. The molecule has 1 unspecified atom stereocenters. The molecule has 0 aromatic heterocycles. The molecule has 2 saturated heterocycles. The van der Waals surface area contributed by atoms with Crippen LogP contribution in [0.25, 0.3) is 0 Å². The fourth-order valence-electron chi connectivity index (χ4n) is 2.92. The summed E-state index contributed by atoms with van der Waals surface area (Å²) in [7, 11) is 2.25. The lowest BCUT2D eigenvalue weighted by atomic mass is 9.95. The van der Waals surface area contributed by atoms with Gasteiger partial charge in [0.15, 0.2) is 0 Å². The number of rotatable bonds is 5. The zero-order chi connectivity index (χ0) is 11.9. The van der Waals surface area contributed by atoms with Crippen molar-refractivity contribution in [3.05, 3.63) is 0 Å². The zero-order valence-corrected chi connectivity index (χ0v) is 11.2. The Balaban J connectivity index is 1.50. The molecule has 2 heterocycles. The van der Waals surface area contributed by atoms with Crippen LogP contribution >= 0.6 is 0 Å². The Morgan fingerprint density at radius 2 is 2.06 bits per heavy atom. The van der Waals surface area contributed by atoms with Crippen LogP contribution in [0.2, 0.25) is 0 Å². The molecule has 2 aliphatic heterocycles. The molecule has 4 heteroatoms. The largest absolute Gasteiger partial charge is 0.314 e. The van der Waals surface area contributed by atoms with Crippen LogP contribution in [0.4, 0.5) is 0 Å². The van der Waals surface area contributed by atoms with Crippen LogP contribution in [0.3, 0.4) is 0 Å². The first-order chi connectivity index (χ1) is 8.34. The monoisotopic (exact) mass is 240 g/mol. The van der Waals surface area contributed by atoms with Crippen LogP contribution in [0.1, 0.15) is 19.3 Å². The van der Waals surface area contributed by atoms with E-state index in [4.69, 9.17) is 0 Å². The summed E-state index contributed by atoms with van der Waals surface area (Å²) in [4.78, 5) is 4.98. The minimum Gasteiger partial charge on any atom is -0.314 e. The number of nitrogens with one attached hydrogen (secondary N) is 2. The molecular formula is C13H28N4. The van der Waals surface area contributed by atoms with Gasteiger partial charge in [-0.3, -0.25) is 4.90 Å². The van der Waals surface area contributed by atoms with Gasteiger partial charge in [0.2, 0.25) is 0 Å². The maximum atomic E-state index is 3.60. The lowest BCUT2D eigenvalue weighted by Crippen LogP contribution is -2.47. The summed E-state index contributed by atoms with van der Waals surface area (Å²) in [6, 6.07) is 0. The van der Waals surface area contributed by atoms with Gasteiger partial charge in [-0.05, 0) is 45.3 Å². The third kappa shape index (κ3) is 4.92. The number of likely N-dealkylation sites (tertiary alicyclic amines) is 1. The average molecular weight is 240 g/mol. The Labute approximate surface area is 106 Å². The van der Waals surface area contributed by atoms with Crippen LogP contribution in [0.15, 0.2) is 0 Å². The number of hydrogen-bond acceptors (Lipinski definition) is 4. The maximum Gasteiger partial charge on any atom is 0.0481 e. The van der Waals surface area contributed by atoms with Gasteiger partial charge < -0.3 is 15.5 Å². The van der Waals surface area contributed by atoms with E-state index in [1.807, 2.05) is 0 Å². The maximum absolute atomic E-state index is 3.60. The van der Waals surface area contributed by atoms with E-state index in [9.17, 15) is 0 Å². The predicted octanol–water partition coefficient (Wildman–Crippen LogP) is 0.171. The van der Waals surface area contributed by atoms with Crippen LogP contribution < -0.4 is 10.6 Å². The van der Waals surface area contributed by atoms with E-state index >= 15 is 0 Å². The molecule has 0 saturated carbocycles. The molecule has 0 aromatic rings. The SMILES string of the molecule is CN1CCCC(CCNCN2CCNCC2)C1. The van der Waals surface area contributed by atoms with Gasteiger partial charge in [-0.2, -0.15) is 0 Å². The van der Waals surface area contributed by atoms with Crippen molar-refractivity contribution in [1.82, 2.24) is 20.4 Å². The quantitative estimate of drug-likeness (QED) is 0.671. The van der Waals surface area contributed by atoms with E-state index in [0.29, 0.717) is 0 Å². The van der Waals surface area contributed by atoms with Gasteiger partial charge in [0.05, 0.1) is 0 Å². The van der Waals surface area contributed by atoms with Crippen molar-refractivity contribution in [2.75, 3.05) is 59.5 Å². The van der Waals surface area contributed by atoms with Crippen molar-refractivity contribution in [3.8, 4) is 0 Å². The zero-order valence-electron chi connectivity index (χ0n) is 11.2. The summed E-state index contributed by atoms with van der Waals surface area (Å²) in [5, 5.41) is 6.98. The molecule has 2 N–H and O–H groups in total. The van der Waals surface area contributed by atoms with E-state index in [-0.39, 0.29) is 0 Å². The molecule has 0 aromatic carbocycles. The Kier molecular flexibility index (Phi) is 5.71. The second-order valence-corrected chi connectivity index (χ2v) is 5.59. The summed E-state index contributed by atoms with van der Waals surface area (Å²) in [5.41, 5.74) is 0. The Hall–Kier alpha value is -0.160. The first-order valence-corrected chi connectivity index (χ1v) is 7.17. The summed E-state index contributed by atoms with van der Waals surface area (Å²) < 4.78 is 0. The van der Waals surface area contributed by atoms with Gasteiger partial charge in [0.1, 0.15) is 0 Å². The molecule has 1 atom stereocenters. The number of piperidine rings is 1. The average Bonchev–Trinajstić information content (AvgIpc) is 2.36. The van der Waals surface area contributed by atoms with Crippen LogP contribution in [0.5, 0.6) is 0 Å². The lowest BCUT2D eigenvalue weighted by molar-refractivity contribution is 0.192. The topological polar surface area (TPSA) is 30.5 Å². The van der Waals surface area contributed by atoms with Gasteiger partial charge in [-0.1, -0.05) is 0 Å². The van der Waals surface area contributed by atoms with Crippen LogP contribution in [-0.4, -0.2) is 69.3 Å². The van der Waals surface area contributed by atoms with E-state index < -0.39 is 0 Å². The predicted molar refractivity (Wildman–Crippen MR) is 72.2 cm³/mol. The molecule has 4 nitrogen and oxygen atoms in total. The van der Waals surface area contributed by atoms with E-state index in [1.54, 1.807) is 0 Å². The van der Waals surface area contributed by atoms with Gasteiger partial charge in [0, 0.05) is 39.4 Å². The van der Waals surface area contributed by atoms with E-state index in [0.717, 1.165) is 25.7 Å². The molecule has 2 rings (SSSR count). The Morgan fingerprint density at radius 3 is 2.82 bits per heavy atom. The summed E-state index contributed by atoms with van der Waals surface area (Å²) in [6.07, 6.45) is 4.16. The van der Waals surface area contributed by atoms with Crippen molar-refractivity contribution in [2.45, 2.75) is 19.3 Å². The number of nitrogens with zero attached hydrogens (tertiary/aromatic N) is 2. The Bertz CT molecular complexity index is 204. The molecule has 0 spiro atoms. The minimum absolute atomic E-state index is 0.921. The van der Waals surface area contributed by atoms with Gasteiger partial charge >= 0.3 is 0 Å². The molecule has 0 amide bonds. The van der Waals surface area contributed by atoms with E-state index in [2.05, 4.69) is 27.5 Å². The standard InChI is InChI=1S/C13H28N4/c1-16-8-2-3-13(11-16)4-5-15-12-17-9-6-14-7-10-17/h13-15H,2-12H2,1H3. The van der Waals surface area contributed by atoms with Crippen LogP contribution in [0, 0.1) is 5.92 Å². The fourth-order valence-corrected chi connectivity index (χ4v) is 2.92. The number of hydrogen-bond donors (Lipinski definition) is 2. The lowest BCUT2D eigenvalue weighted by Gasteiger charge is -2.30. The molecule has 0 radical (unpaired) electrons. The van der Waals surface area contributed by atoms with E-state index in [1.165, 1.54) is 52.0 Å². The first-order valence-electron chi connectivity index (χ1n) is 7.17. The van der Waals surface area contributed by atoms with Crippen molar-refractivity contribution in [3.63, 3.8) is 0 Å². The molecule has 100 valence electrons. The molecule has 17 heavy (non-hydrogen) atoms. The first kappa shape index (κ1) is 13.3. The molecule has 0 bridgehead atoms. The van der Waals surface area contributed by atoms with Gasteiger partial charge in [0.25, 0.3) is 0 Å². The highest BCUT2D eigenvalue weighted by Crippen LogP contribution is 2.17. The number of piperazine rings is 1. The summed E-state index contributed by atoms with van der Waals surface area (Å²) >= 11 is 0. The van der Waals surface area contributed by atoms with Crippen molar-refractivity contribution in [2.24, 2.45) is 5.92 Å². The normalized spacial score (nSPS) is 28.4. The molecule has 2 aliphatic rings. The van der Waals surface area contributed by atoms with Gasteiger partial charge in [-0.25, -0.2) is 0 Å². The smallest absolute Gasteiger partial charge is 0.0481 e. The Morgan fingerprint density at radius 1 is 1.24 bits per heavy atom. The second-order valence-electron chi connectivity index (χ2n) is 5.59. The molecule has 2 fully saturated rings. The molecule has 0 aliphatic carbocycles. The van der Waals surface area contributed by atoms with Gasteiger partial charge in [-0.15, -0.1) is 0 Å².